The fourth-order valence-electron chi connectivity index (χ4n) is 2.80. The molecule has 222 valence electrons. The highest BCUT2D eigenvalue weighted by Crippen LogP contribution is 2.50. The standard InChI is InChI=1S/C23H44N3O11P/c1-6-8-12-32-22(29)34-14-10-16-36-38(31,25-21(24)26(5)19(18(3)4)20(27)28)37-17-11-15-35-23(30)33-13-9-7-2/h18-19H,6-17H2,1-5H3,(H,27,28)(H2,24,25,31). The van der Waals surface area contributed by atoms with Gasteiger partial charge in [-0.3, -0.25) is 9.05 Å². The van der Waals surface area contributed by atoms with Crippen LogP contribution in [-0.2, 0) is 37.4 Å². The van der Waals surface area contributed by atoms with E-state index in [1.165, 1.54) is 7.05 Å². The molecule has 0 aromatic carbocycles. The van der Waals surface area contributed by atoms with E-state index in [1.807, 2.05) is 13.8 Å². The molecule has 0 amide bonds. The summed E-state index contributed by atoms with van der Waals surface area (Å²) < 4.78 is 47.4. The molecule has 0 aliphatic heterocycles. The van der Waals surface area contributed by atoms with E-state index in [4.69, 9.17) is 33.7 Å². The summed E-state index contributed by atoms with van der Waals surface area (Å²) in [6.45, 7) is 7.33. The van der Waals surface area contributed by atoms with Crippen LogP contribution in [0.4, 0.5) is 9.59 Å². The molecule has 0 saturated heterocycles. The van der Waals surface area contributed by atoms with Gasteiger partial charge in [0.1, 0.15) is 6.04 Å². The van der Waals surface area contributed by atoms with Crippen molar-refractivity contribution in [2.45, 2.75) is 72.3 Å². The van der Waals surface area contributed by atoms with E-state index in [0.29, 0.717) is 0 Å². The molecule has 0 aliphatic carbocycles. The molecule has 38 heavy (non-hydrogen) atoms. The van der Waals surface area contributed by atoms with Crippen LogP contribution in [0.5, 0.6) is 0 Å². The monoisotopic (exact) mass is 569 g/mol. The summed E-state index contributed by atoms with van der Waals surface area (Å²) in [6.07, 6.45) is 1.85. The normalized spacial score (nSPS) is 12.6. The zero-order valence-electron chi connectivity index (χ0n) is 23.1. The van der Waals surface area contributed by atoms with Gasteiger partial charge in [-0.1, -0.05) is 40.5 Å². The number of likely N-dealkylation sites (N-methyl/N-ethyl adjacent to an activating group) is 1. The minimum absolute atomic E-state index is 0.0630. The quantitative estimate of drug-likeness (QED) is 0.0700. The summed E-state index contributed by atoms with van der Waals surface area (Å²) in [5.41, 5.74) is 5.94. The minimum Gasteiger partial charge on any atom is -0.480 e. The lowest BCUT2D eigenvalue weighted by molar-refractivity contribution is -0.142. The number of nitrogens with two attached hydrogens (primary N) is 1. The third-order valence-electron chi connectivity index (χ3n) is 4.85. The molecule has 0 fully saturated rings. The number of carboxylic acid groups (broad SMARTS) is 1. The average Bonchev–Trinajstić information content (AvgIpc) is 2.83. The molecule has 1 atom stereocenters. The molecule has 0 aliphatic rings. The SMILES string of the molecule is CCCCOC(=O)OCCCOP(=O)(N=C(N)N(C)C(C(=O)O)C(C)C)OCCCOC(=O)OCCCC. The van der Waals surface area contributed by atoms with Gasteiger partial charge in [0.05, 0.1) is 39.6 Å². The van der Waals surface area contributed by atoms with E-state index in [9.17, 15) is 24.1 Å². The molecule has 0 spiro atoms. The summed E-state index contributed by atoms with van der Waals surface area (Å²) in [5, 5.41) is 9.50. The van der Waals surface area contributed by atoms with Crippen molar-refractivity contribution in [2.75, 3.05) is 46.7 Å². The van der Waals surface area contributed by atoms with Gasteiger partial charge in [0.15, 0.2) is 0 Å². The number of nitrogens with zero attached hydrogens (tertiary/aromatic N) is 2. The van der Waals surface area contributed by atoms with Crippen molar-refractivity contribution < 1.29 is 52.1 Å². The first kappa shape index (κ1) is 35.4. The maximum Gasteiger partial charge on any atom is 0.508 e. The number of carboxylic acids is 1. The van der Waals surface area contributed by atoms with Crippen LogP contribution in [0.3, 0.4) is 0 Å². The molecule has 1 unspecified atom stereocenters. The first-order valence-corrected chi connectivity index (χ1v) is 14.3. The van der Waals surface area contributed by atoms with Crippen molar-refractivity contribution >= 4 is 32.0 Å². The Morgan fingerprint density at radius 1 is 0.816 bits per heavy atom. The molecule has 3 N–H and O–H groups in total. The van der Waals surface area contributed by atoms with Gasteiger partial charge >= 0.3 is 26.0 Å². The first-order chi connectivity index (χ1) is 18.0. The molecular weight excluding hydrogens is 525 g/mol. The van der Waals surface area contributed by atoms with Crippen molar-refractivity contribution in [3.05, 3.63) is 0 Å². The van der Waals surface area contributed by atoms with Gasteiger partial charge in [0, 0.05) is 19.9 Å². The van der Waals surface area contributed by atoms with Crippen LogP contribution in [0.25, 0.3) is 0 Å². The number of hydrogen-bond donors (Lipinski definition) is 2. The molecule has 14 nitrogen and oxygen atoms in total. The molecular formula is C23H44N3O11P. The van der Waals surface area contributed by atoms with Gasteiger partial charge in [0.2, 0.25) is 5.96 Å². The number of carbonyl (C=O) groups is 3. The van der Waals surface area contributed by atoms with Crippen molar-refractivity contribution in [3.8, 4) is 0 Å². The van der Waals surface area contributed by atoms with E-state index >= 15 is 0 Å². The maximum absolute atomic E-state index is 13.3. The van der Waals surface area contributed by atoms with Crippen molar-refractivity contribution in [3.63, 3.8) is 0 Å². The van der Waals surface area contributed by atoms with Gasteiger partial charge < -0.3 is 34.7 Å². The number of aliphatic carboxylic acids is 1. The Balaban J connectivity index is 5.03. The van der Waals surface area contributed by atoms with E-state index in [1.54, 1.807) is 13.8 Å². The third-order valence-corrected chi connectivity index (χ3v) is 6.32. The van der Waals surface area contributed by atoms with Crippen LogP contribution < -0.4 is 5.73 Å². The van der Waals surface area contributed by atoms with Crippen LogP contribution in [0.1, 0.15) is 66.2 Å². The number of rotatable bonds is 20. The Bertz CT molecular complexity index is 744. The number of carbonyl (C=O) groups excluding carboxylic acids is 2. The maximum atomic E-state index is 13.3. The van der Waals surface area contributed by atoms with Crippen LogP contribution in [0.15, 0.2) is 4.76 Å². The lowest BCUT2D eigenvalue weighted by Crippen LogP contribution is -2.48. The molecule has 15 heteroatoms. The fraction of sp³-hybridized carbons (Fsp3) is 0.826. The molecule has 0 rings (SSSR count). The third kappa shape index (κ3) is 16.3. The Hall–Kier alpha value is -2.57. The molecule has 0 aromatic heterocycles. The van der Waals surface area contributed by atoms with Gasteiger partial charge in [-0.15, -0.1) is 4.76 Å². The highest BCUT2D eigenvalue weighted by molar-refractivity contribution is 7.52. The highest BCUT2D eigenvalue weighted by atomic mass is 31.2. The Morgan fingerprint density at radius 2 is 1.21 bits per heavy atom. The predicted molar refractivity (Wildman–Crippen MR) is 139 cm³/mol. The van der Waals surface area contributed by atoms with Crippen molar-refractivity contribution in [1.29, 1.82) is 0 Å². The summed E-state index contributed by atoms with van der Waals surface area (Å²) in [7, 11) is -2.82. The number of hydrogen-bond acceptors (Lipinski definition) is 10. The zero-order chi connectivity index (χ0) is 29.0. The van der Waals surface area contributed by atoms with Gasteiger partial charge in [-0.05, 0) is 18.8 Å². The van der Waals surface area contributed by atoms with Crippen molar-refractivity contribution in [2.24, 2.45) is 16.4 Å². The largest absolute Gasteiger partial charge is 0.508 e. The van der Waals surface area contributed by atoms with E-state index in [0.717, 1.165) is 30.6 Å². The second-order valence-electron chi connectivity index (χ2n) is 8.54. The summed E-state index contributed by atoms with van der Waals surface area (Å²) in [4.78, 5) is 35.8. The first-order valence-electron chi connectivity index (χ1n) is 12.8. The number of guanidine groups is 1. The molecule has 0 saturated carbocycles. The fourth-order valence-corrected chi connectivity index (χ4v) is 4.10. The highest BCUT2D eigenvalue weighted by Gasteiger charge is 2.31. The van der Waals surface area contributed by atoms with E-state index < -0.39 is 32.1 Å². The molecule has 0 bridgehead atoms. The van der Waals surface area contributed by atoms with Crippen molar-refractivity contribution in [1.82, 2.24) is 4.90 Å². The second kappa shape index (κ2) is 20.4. The topological polar surface area (TPSA) is 186 Å². The second-order valence-corrected chi connectivity index (χ2v) is 10.2. The molecule has 0 heterocycles. The van der Waals surface area contributed by atoms with E-state index in [2.05, 4.69) is 4.76 Å². The van der Waals surface area contributed by atoms with Gasteiger partial charge in [-0.25, -0.2) is 18.9 Å². The van der Waals surface area contributed by atoms with Crippen LogP contribution in [0.2, 0.25) is 0 Å². The Kier molecular flexibility index (Phi) is 19.0. The van der Waals surface area contributed by atoms with Gasteiger partial charge in [-0.2, -0.15) is 0 Å². The number of unbranched alkanes of at least 4 members (excludes halogenated alkanes) is 2. The Labute approximate surface area is 224 Å². The van der Waals surface area contributed by atoms with Gasteiger partial charge in [0.25, 0.3) is 0 Å². The molecule has 0 aromatic rings. The summed E-state index contributed by atoms with van der Waals surface area (Å²) >= 11 is 0. The smallest absolute Gasteiger partial charge is 0.480 e. The average molecular weight is 570 g/mol. The Morgan fingerprint density at radius 3 is 1.55 bits per heavy atom. The summed E-state index contributed by atoms with van der Waals surface area (Å²) in [5.74, 6) is -1.83. The molecule has 0 radical (unpaired) electrons. The minimum atomic E-state index is -4.22. The lowest BCUT2D eigenvalue weighted by Gasteiger charge is -2.29. The van der Waals surface area contributed by atoms with Crippen LogP contribution >= 0.6 is 7.75 Å². The van der Waals surface area contributed by atoms with Crippen LogP contribution in [-0.4, -0.2) is 87.0 Å². The summed E-state index contributed by atoms with van der Waals surface area (Å²) in [6, 6.07) is -1.04. The predicted octanol–water partition coefficient (Wildman–Crippen LogP) is 4.17. The van der Waals surface area contributed by atoms with E-state index in [-0.39, 0.29) is 64.4 Å². The lowest BCUT2D eigenvalue weighted by atomic mass is 10.0. The number of ether oxygens (including phenoxy) is 4. The van der Waals surface area contributed by atoms with Crippen LogP contribution in [0, 0.1) is 5.92 Å². The zero-order valence-corrected chi connectivity index (χ0v) is 24.0.